The number of nitrogens with zero attached hydrogens (tertiary/aromatic N) is 1. The van der Waals surface area contributed by atoms with Crippen LogP contribution in [0, 0.1) is 6.92 Å². The molecule has 5 rings (SSSR count). The van der Waals surface area contributed by atoms with Crippen molar-refractivity contribution in [1.29, 1.82) is 0 Å². The molecule has 0 spiro atoms. The summed E-state index contributed by atoms with van der Waals surface area (Å²) in [6.07, 6.45) is 1.37. The second-order valence-corrected chi connectivity index (χ2v) is 8.44. The van der Waals surface area contributed by atoms with Gasteiger partial charge in [0.2, 0.25) is 11.8 Å². The molecule has 0 unspecified atom stereocenters. The normalized spacial score (nSPS) is 11.0. The van der Waals surface area contributed by atoms with E-state index in [2.05, 4.69) is 15.6 Å². The van der Waals surface area contributed by atoms with Crippen molar-refractivity contribution in [3.63, 3.8) is 0 Å². The predicted octanol–water partition coefficient (Wildman–Crippen LogP) is 4.22. The number of amides is 2. The molecule has 0 fully saturated rings. The maximum absolute atomic E-state index is 12.9. The number of methoxy groups -OCH3 is 1. The van der Waals surface area contributed by atoms with E-state index in [-0.39, 0.29) is 18.4 Å². The van der Waals surface area contributed by atoms with E-state index < -0.39 is 17.4 Å². The molecule has 0 radical (unpaired) electrons. The van der Waals surface area contributed by atoms with Crippen LogP contribution in [0.3, 0.4) is 0 Å². The fraction of sp³-hybridized carbons (Fsp3) is 0.143. The molecule has 37 heavy (non-hydrogen) atoms. The fourth-order valence-electron chi connectivity index (χ4n) is 4.14. The number of furan rings is 1. The lowest BCUT2D eigenvalue weighted by atomic mass is 10.0. The number of carbonyl (C=O) groups excluding carboxylic acids is 2. The maximum Gasteiger partial charge on any atom is 0.347 e. The van der Waals surface area contributed by atoms with E-state index in [0.29, 0.717) is 34.0 Å². The van der Waals surface area contributed by atoms with Crippen molar-refractivity contribution in [3.8, 4) is 17.1 Å². The number of anilines is 1. The summed E-state index contributed by atoms with van der Waals surface area (Å²) in [6, 6.07) is 18.1. The van der Waals surface area contributed by atoms with Crippen LogP contribution in [0.25, 0.3) is 33.1 Å². The van der Waals surface area contributed by atoms with Crippen molar-refractivity contribution < 1.29 is 23.2 Å². The Bertz CT molecular complexity index is 1690. The average Bonchev–Trinajstić information content (AvgIpc) is 3.25. The number of hydrogen-bond acceptors (Lipinski definition) is 7. The molecule has 2 aromatic carbocycles. The zero-order valence-electron chi connectivity index (χ0n) is 20.2. The second kappa shape index (κ2) is 9.98. The van der Waals surface area contributed by atoms with Gasteiger partial charge in [-0.1, -0.05) is 24.3 Å². The molecule has 0 saturated heterocycles. The number of carbonyl (C=O) groups is 2. The molecule has 3 heterocycles. The van der Waals surface area contributed by atoms with Crippen LogP contribution in [0.4, 0.5) is 5.82 Å². The molecule has 0 saturated carbocycles. The minimum Gasteiger partial charge on any atom is -0.497 e. The Morgan fingerprint density at radius 2 is 1.78 bits per heavy atom. The zero-order valence-corrected chi connectivity index (χ0v) is 20.2. The van der Waals surface area contributed by atoms with Crippen molar-refractivity contribution >= 4 is 39.4 Å². The Morgan fingerprint density at radius 1 is 0.973 bits per heavy atom. The lowest BCUT2D eigenvalue weighted by molar-refractivity contribution is -0.123. The predicted molar refractivity (Wildman–Crippen MR) is 139 cm³/mol. The van der Waals surface area contributed by atoms with Crippen molar-refractivity contribution in [2.75, 3.05) is 19.0 Å². The summed E-state index contributed by atoms with van der Waals surface area (Å²) >= 11 is 0. The second-order valence-electron chi connectivity index (χ2n) is 8.44. The third-order valence-corrected chi connectivity index (χ3v) is 5.85. The van der Waals surface area contributed by atoms with Crippen LogP contribution in [0.5, 0.6) is 5.75 Å². The van der Waals surface area contributed by atoms with Gasteiger partial charge in [0.1, 0.15) is 34.1 Å². The van der Waals surface area contributed by atoms with Gasteiger partial charge in [0.05, 0.1) is 20.1 Å². The summed E-state index contributed by atoms with van der Waals surface area (Å²) in [5.74, 6) is 1.02. The molecule has 2 amide bonds. The van der Waals surface area contributed by atoms with Crippen LogP contribution in [0.1, 0.15) is 11.3 Å². The molecule has 0 aliphatic carbocycles. The highest BCUT2D eigenvalue weighted by Crippen LogP contribution is 2.35. The van der Waals surface area contributed by atoms with E-state index in [0.717, 1.165) is 16.5 Å². The number of benzene rings is 2. The van der Waals surface area contributed by atoms with Crippen molar-refractivity contribution in [2.24, 2.45) is 0 Å². The third kappa shape index (κ3) is 5.06. The van der Waals surface area contributed by atoms with Gasteiger partial charge < -0.3 is 24.2 Å². The highest BCUT2D eigenvalue weighted by atomic mass is 16.5. The Hall–Kier alpha value is -4.92. The number of aryl methyl sites for hydroxylation is 1. The number of pyridine rings is 1. The first-order valence-corrected chi connectivity index (χ1v) is 11.5. The first-order chi connectivity index (χ1) is 17.9. The van der Waals surface area contributed by atoms with Crippen LogP contribution >= 0.6 is 0 Å². The van der Waals surface area contributed by atoms with Crippen LogP contribution in [-0.2, 0) is 16.0 Å². The van der Waals surface area contributed by atoms with E-state index in [1.165, 1.54) is 0 Å². The van der Waals surface area contributed by atoms with Crippen molar-refractivity contribution in [1.82, 2.24) is 10.3 Å². The highest BCUT2D eigenvalue weighted by Gasteiger charge is 2.23. The summed E-state index contributed by atoms with van der Waals surface area (Å²) < 4.78 is 16.7. The van der Waals surface area contributed by atoms with Gasteiger partial charge in [-0.05, 0) is 48.0 Å². The smallest absolute Gasteiger partial charge is 0.347 e. The van der Waals surface area contributed by atoms with Crippen molar-refractivity contribution in [2.45, 2.75) is 13.3 Å². The Kier molecular flexibility index (Phi) is 6.42. The maximum atomic E-state index is 12.9. The van der Waals surface area contributed by atoms with Gasteiger partial charge in [-0.15, -0.1) is 0 Å². The first kappa shape index (κ1) is 23.8. The standard InChI is InChI=1S/C28H23N3O6/c1-16-11-22-26(28(34)36-16)21(14-24(32)30-15-25(33)31-23-5-3-4-10-29-23)27(37-22)19-7-6-18-13-20(35-2)9-8-17(18)12-19/h3-13H,14-15H2,1-2H3,(H,30,32)(H,29,31,33). The van der Waals surface area contributed by atoms with E-state index in [4.69, 9.17) is 13.6 Å². The molecule has 0 aliphatic rings. The van der Waals surface area contributed by atoms with E-state index in [1.54, 1.807) is 44.5 Å². The minimum absolute atomic E-state index is 0.187. The number of rotatable bonds is 7. The third-order valence-electron chi connectivity index (χ3n) is 5.85. The van der Waals surface area contributed by atoms with E-state index >= 15 is 0 Å². The molecule has 9 nitrogen and oxygen atoms in total. The summed E-state index contributed by atoms with van der Waals surface area (Å²) in [5, 5.41) is 7.29. The molecule has 186 valence electrons. The van der Waals surface area contributed by atoms with E-state index in [1.807, 2.05) is 36.4 Å². The van der Waals surface area contributed by atoms with Crippen molar-refractivity contribution in [3.05, 3.63) is 88.6 Å². The van der Waals surface area contributed by atoms with Gasteiger partial charge in [-0.3, -0.25) is 9.59 Å². The quantitative estimate of drug-likeness (QED) is 0.345. The van der Waals surface area contributed by atoms with Crippen LogP contribution in [0.15, 0.2) is 80.5 Å². The molecular formula is C28H23N3O6. The minimum atomic E-state index is -0.591. The van der Waals surface area contributed by atoms with E-state index in [9.17, 15) is 14.4 Å². The van der Waals surface area contributed by atoms with Crippen LogP contribution < -0.4 is 21.0 Å². The number of ether oxygens (including phenoxy) is 1. The Balaban J connectivity index is 1.45. The van der Waals surface area contributed by atoms with Gasteiger partial charge in [-0.25, -0.2) is 9.78 Å². The lowest BCUT2D eigenvalue weighted by Crippen LogP contribution is -2.34. The molecule has 5 aromatic rings. The Labute approximate surface area is 211 Å². The average molecular weight is 498 g/mol. The Morgan fingerprint density at radius 3 is 2.57 bits per heavy atom. The first-order valence-electron chi connectivity index (χ1n) is 11.5. The number of fused-ring (bicyclic) bond motifs is 2. The van der Waals surface area contributed by atoms with Gasteiger partial charge in [0, 0.05) is 23.4 Å². The molecule has 3 aromatic heterocycles. The summed E-state index contributed by atoms with van der Waals surface area (Å²) in [7, 11) is 1.61. The van der Waals surface area contributed by atoms with Gasteiger partial charge in [0.25, 0.3) is 0 Å². The summed E-state index contributed by atoms with van der Waals surface area (Å²) in [4.78, 5) is 41.9. The molecule has 2 N–H and O–H groups in total. The molecule has 0 aliphatic heterocycles. The summed E-state index contributed by atoms with van der Waals surface area (Å²) in [5.41, 5.74) is 0.821. The fourth-order valence-corrected chi connectivity index (χ4v) is 4.14. The number of hydrogen-bond donors (Lipinski definition) is 2. The van der Waals surface area contributed by atoms with Gasteiger partial charge in [0.15, 0.2) is 0 Å². The topological polar surface area (TPSA) is 124 Å². The van der Waals surface area contributed by atoms with Gasteiger partial charge >= 0.3 is 5.63 Å². The van der Waals surface area contributed by atoms with Crippen LogP contribution in [0.2, 0.25) is 0 Å². The zero-order chi connectivity index (χ0) is 25.9. The highest BCUT2D eigenvalue weighted by molar-refractivity contribution is 5.97. The lowest BCUT2D eigenvalue weighted by Gasteiger charge is -2.08. The molecule has 0 atom stereocenters. The molecular weight excluding hydrogens is 474 g/mol. The number of nitrogens with one attached hydrogen (secondary N) is 2. The summed E-state index contributed by atoms with van der Waals surface area (Å²) in [6.45, 7) is 1.39. The largest absolute Gasteiger partial charge is 0.497 e. The van der Waals surface area contributed by atoms with Crippen LogP contribution in [-0.4, -0.2) is 30.5 Å². The van der Waals surface area contributed by atoms with Gasteiger partial charge in [-0.2, -0.15) is 0 Å². The molecule has 0 bridgehead atoms. The number of aromatic nitrogens is 1. The SMILES string of the molecule is COc1ccc2cc(-c3oc4cc(C)oc(=O)c4c3CC(=O)NCC(=O)Nc3ccccn3)ccc2c1. The molecule has 9 heteroatoms. The monoisotopic (exact) mass is 497 g/mol.